The summed E-state index contributed by atoms with van der Waals surface area (Å²) in [5.74, 6) is 0.151. The van der Waals surface area contributed by atoms with Gasteiger partial charge >= 0.3 is 5.97 Å². The number of benzene rings is 1. The Morgan fingerprint density at radius 2 is 2.08 bits per heavy atom. The van der Waals surface area contributed by atoms with Crippen LogP contribution in [0.3, 0.4) is 0 Å². The maximum Gasteiger partial charge on any atom is 0.357 e. The van der Waals surface area contributed by atoms with Gasteiger partial charge in [0.05, 0.1) is 25.2 Å². The van der Waals surface area contributed by atoms with E-state index in [1.54, 1.807) is 12.5 Å². The Morgan fingerprint density at radius 3 is 2.68 bits per heavy atom. The van der Waals surface area contributed by atoms with E-state index < -0.39 is 5.60 Å². The quantitative estimate of drug-likeness (QED) is 0.562. The zero-order valence-electron chi connectivity index (χ0n) is 14.8. The normalized spacial score (nSPS) is 16.6. The molecule has 1 saturated carbocycles. The maximum atomic E-state index is 12.8. The fourth-order valence-electron chi connectivity index (χ4n) is 3.13. The molecule has 1 aliphatic carbocycles. The first-order chi connectivity index (χ1) is 12.1. The van der Waals surface area contributed by atoms with E-state index in [0.717, 1.165) is 24.8 Å². The topological polar surface area (TPSA) is 53.4 Å². The predicted octanol–water partition coefficient (Wildman–Crippen LogP) is 4.12. The van der Waals surface area contributed by atoms with Gasteiger partial charge in [0.25, 0.3) is 0 Å². The Kier molecular flexibility index (Phi) is 4.93. The van der Waals surface area contributed by atoms with Crippen molar-refractivity contribution in [2.45, 2.75) is 44.8 Å². The van der Waals surface area contributed by atoms with E-state index in [0.29, 0.717) is 18.1 Å². The molecule has 5 nitrogen and oxygen atoms in total. The summed E-state index contributed by atoms with van der Waals surface area (Å²) in [6, 6.07) is 9.98. The van der Waals surface area contributed by atoms with Crippen molar-refractivity contribution in [1.29, 1.82) is 0 Å². The number of hydrogen-bond acceptors (Lipinski definition) is 4. The number of nitrogens with zero attached hydrogens (tertiary/aromatic N) is 2. The molecule has 1 aromatic carbocycles. The molecule has 1 aliphatic rings. The summed E-state index contributed by atoms with van der Waals surface area (Å²) in [6.07, 6.45) is 5.72. The summed E-state index contributed by atoms with van der Waals surface area (Å²) in [5, 5.41) is 0. The van der Waals surface area contributed by atoms with Crippen molar-refractivity contribution in [3.05, 3.63) is 66.5 Å². The third-order valence-electron chi connectivity index (χ3n) is 4.85. The lowest BCUT2D eigenvalue weighted by Crippen LogP contribution is -2.44. The third-order valence-corrected chi connectivity index (χ3v) is 4.85. The summed E-state index contributed by atoms with van der Waals surface area (Å²) in [6.45, 7) is 8.40. The van der Waals surface area contributed by atoms with Crippen LogP contribution in [-0.4, -0.2) is 27.7 Å². The smallest absolute Gasteiger partial charge is 0.357 e. The first-order valence-corrected chi connectivity index (χ1v) is 8.69. The molecule has 0 bridgehead atoms. The average Bonchev–Trinajstić information content (AvgIpc) is 3.08. The second kappa shape index (κ2) is 7.13. The zero-order valence-corrected chi connectivity index (χ0v) is 14.8. The molecule has 2 aromatic rings. The number of rotatable bonds is 7. The maximum absolute atomic E-state index is 12.8. The second-order valence-corrected chi connectivity index (χ2v) is 6.37. The summed E-state index contributed by atoms with van der Waals surface area (Å²) in [7, 11) is 0. The van der Waals surface area contributed by atoms with Gasteiger partial charge in [0, 0.05) is 0 Å². The molecular formula is C20H24N2O3. The third kappa shape index (κ3) is 3.31. The molecule has 0 unspecified atom stereocenters. The van der Waals surface area contributed by atoms with Crippen LogP contribution in [0.5, 0.6) is 0 Å². The monoisotopic (exact) mass is 340 g/mol. The van der Waals surface area contributed by atoms with E-state index in [2.05, 4.69) is 11.6 Å². The first kappa shape index (κ1) is 17.3. The van der Waals surface area contributed by atoms with Crippen molar-refractivity contribution in [2.75, 3.05) is 6.61 Å². The summed E-state index contributed by atoms with van der Waals surface area (Å²) < 4.78 is 13.2. The molecule has 5 heteroatoms. The molecule has 0 saturated heterocycles. The van der Waals surface area contributed by atoms with E-state index in [9.17, 15) is 4.79 Å². The molecule has 25 heavy (non-hydrogen) atoms. The molecule has 0 N–H and O–H groups in total. The van der Waals surface area contributed by atoms with Crippen LogP contribution in [-0.2, 0) is 9.47 Å². The summed E-state index contributed by atoms with van der Waals surface area (Å²) in [4.78, 5) is 17.0. The van der Waals surface area contributed by atoms with E-state index in [-0.39, 0.29) is 12.0 Å². The van der Waals surface area contributed by atoms with Crippen LogP contribution in [0, 0.1) is 0 Å². The van der Waals surface area contributed by atoms with Gasteiger partial charge in [0.15, 0.2) is 5.60 Å². The molecular weight excluding hydrogens is 316 g/mol. The van der Waals surface area contributed by atoms with Crippen molar-refractivity contribution in [2.24, 2.45) is 0 Å². The van der Waals surface area contributed by atoms with Gasteiger partial charge in [-0.3, -0.25) is 0 Å². The van der Waals surface area contributed by atoms with Gasteiger partial charge in [-0.05, 0) is 38.7 Å². The standard InChI is InChI=1S/C20H24N2O3/c1-4-24-16(3)20(11-8-12-20)25-19(23)18-13-21-14-22(18)15(2)17-9-6-5-7-10-17/h5-7,9-10,13-15H,3-4,8,11-12H2,1-2H3/t15-/m1/s1. The Bertz CT molecular complexity index is 747. The van der Waals surface area contributed by atoms with Crippen molar-refractivity contribution in [1.82, 2.24) is 9.55 Å². The van der Waals surface area contributed by atoms with E-state index in [4.69, 9.17) is 9.47 Å². The van der Waals surface area contributed by atoms with Crippen LogP contribution in [0.2, 0.25) is 0 Å². The van der Waals surface area contributed by atoms with Crippen molar-refractivity contribution >= 4 is 5.97 Å². The van der Waals surface area contributed by atoms with Crippen LogP contribution >= 0.6 is 0 Å². The van der Waals surface area contributed by atoms with Crippen molar-refractivity contribution < 1.29 is 14.3 Å². The highest BCUT2D eigenvalue weighted by Crippen LogP contribution is 2.42. The fraction of sp³-hybridized carbons (Fsp3) is 0.400. The number of esters is 1. The van der Waals surface area contributed by atoms with Crippen LogP contribution in [0.15, 0.2) is 55.2 Å². The highest BCUT2D eigenvalue weighted by Gasteiger charge is 2.45. The molecule has 1 aromatic heterocycles. The van der Waals surface area contributed by atoms with Crippen molar-refractivity contribution in [3.63, 3.8) is 0 Å². The average molecular weight is 340 g/mol. The lowest BCUT2D eigenvalue weighted by molar-refractivity contribution is -0.0692. The molecule has 1 fully saturated rings. The van der Waals surface area contributed by atoms with Gasteiger partial charge in [-0.25, -0.2) is 9.78 Å². The molecule has 3 rings (SSSR count). The Balaban J connectivity index is 1.80. The number of imidazole rings is 1. The highest BCUT2D eigenvalue weighted by molar-refractivity contribution is 5.88. The summed E-state index contributed by atoms with van der Waals surface area (Å²) >= 11 is 0. The molecule has 0 radical (unpaired) electrons. The lowest BCUT2D eigenvalue weighted by Gasteiger charge is -2.41. The van der Waals surface area contributed by atoms with Gasteiger partial charge in [0.2, 0.25) is 0 Å². The molecule has 0 spiro atoms. The Labute approximate surface area is 148 Å². The minimum absolute atomic E-state index is 0.0151. The minimum Gasteiger partial charge on any atom is -0.495 e. The first-order valence-electron chi connectivity index (χ1n) is 8.69. The molecule has 0 aliphatic heterocycles. The van der Waals surface area contributed by atoms with Crippen molar-refractivity contribution in [3.8, 4) is 0 Å². The number of carbonyl (C=O) groups excluding carboxylic acids is 1. The molecule has 1 heterocycles. The van der Waals surface area contributed by atoms with Crippen LogP contribution in [0.1, 0.15) is 55.2 Å². The number of carbonyl (C=O) groups is 1. The molecule has 1 atom stereocenters. The SMILES string of the molecule is C=C(OCC)C1(OC(=O)c2cncn2[C@H](C)c2ccccc2)CCC1. The zero-order chi connectivity index (χ0) is 17.9. The van der Waals surface area contributed by atoms with Gasteiger partial charge in [-0.1, -0.05) is 36.9 Å². The van der Waals surface area contributed by atoms with Crippen LogP contribution in [0.25, 0.3) is 0 Å². The lowest BCUT2D eigenvalue weighted by atomic mass is 9.78. The van der Waals surface area contributed by atoms with Gasteiger partial charge in [-0.2, -0.15) is 0 Å². The number of hydrogen-bond donors (Lipinski definition) is 0. The molecule has 0 amide bonds. The summed E-state index contributed by atoms with van der Waals surface area (Å²) in [5.41, 5.74) is 0.844. The highest BCUT2D eigenvalue weighted by atomic mass is 16.6. The minimum atomic E-state index is -0.696. The van der Waals surface area contributed by atoms with E-state index in [1.807, 2.05) is 48.7 Å². The predicted molar refractivity (Wildman–Crippen MR) is 95.2 cm³/mol. The largest absolute Gasteiger partial charge is 0.495 e. The van der Waals surface area contributed by atoms with Crippen LogP contribution in [0.4, 0.5) is 0 Å². The fourth-order valence-corrected chi connectivity index (χ4v) is 3.13. The Hall–Kier alpha value is -2.56. The van der Waals surface area contributed by atoms with E-state index in [1.165, 1.54) is 0 Å². The second-order valence-electron chi connectivity index (χ2n) is 6.37. The van der Waals surface area contributed by atoms with Crippen LogP contribution < -0.4 is 0 Å². The van der Waals surface area contributed by atoms with Gasteiger partial charge in [-0.15, -0.1) is 0 Å². The number of ether oxygens (including phenoxy) is 2. The van der Waals surface area contributed by atoms with Gasteiger partial charge in [0.1, 0.15) is 11.5 Å². The van der Waals surface area contributed by atoms with E-state index >= 15 is 0 Å². The number of aromatic nitrogens is 2. The Morgan fingerprint density at radius 1 is 1.36 bits per heavy atom. The van der Waals surface area contributed by atoms with Gasteiger partial charge < -0.3 is 14.0 Å². The molecule has 132 valence electrons.